The molecule has 3 amide bonds. The summed E-state index contributed by atoms with van der Waals surface area (Å²) in [6.45, 7) is 1.82. The summed E-state index contributed by atoms with van der Waals surface area (Å²) in [7, 11) is 0. The highest BCUT2D eigenvalue weighted by molar-refractivity contribution is 6.30. The summed E-state index contributed by atoms with van der Waals surface area (Å²) in [6, 6.07) is 14.2. The first kappa shape index (κ1) is 22.3. The fraction of sp³-hybridized carbons (Fsp3) is 0.227. The molecule has 2 heterocycles. The molecule has 0 unspecified atom stereocenters. The van der Waals surface area contributed by atoms with E-state index in [-0.39, 0.29) is 23.3 Å². The lowest BCUT2D eigenvalue weighted by molar-refractivity contribution is -0.384. The highest BCUT2D eigenvalue weighted by Gasteiger charge is 2.24. The minimum Gasteiger partial charge on any atom is -0.335 e. The molecule has 0 aliphatic carbocycles. The van der Waals surface area contributed by atoms with Crippen LogP contribution in [0.3, 0.4) is 0 Å². The molecule has 1 fully saturated rings. The Morgan fingerprint density at radius 3 is 2.30 bits per heavy atom. The van der Waals surface area contributed by atoms with E-state index in [9.17, 15) is 19.7 Å². The fourth-order valence-electron chi connectivity index (χ4n) is 3.53. The minimum atomic E-state index is -0.472. The maximum Gasteiger partial charge on any atom is 0.321 e. The topological polar surface area (TPSA) is 114 Å². The summed E-state index contributed by atoms with van der Waals surface area (Å²) in [5.41, 5.74) is 1.52. The van der Waals surface area contributed by atoms with Gasteiger partial charge >= 0.3 is 6.03 Å². The molecule has 0 saturated carbocycles. The molecule has 0 spiro atoms. The van der Waals surface area contributed by atoms with E-state index in [2.05, 4.69) is 10.4 Å². The normalized spacial score (nSPS) is 14.0. The van der Waals surface area contributed by atoms with Gasteiger partial charge in [0.15, 0.2) is 5.69 Å². The van der Waals surface area contributed by atoms with Crippen LogP contribution in [0.4, 0.5) is 16.2 Å². The second kappa shape index (κ2) is 9.70. The van der Waals surface area contributed by atoms with Gasteiger partial charge in [-0.05, 0) is 48.9 Å². The van der Waals surface area contributed by atoms with E-state index < -0.39 is 4.92 Å². The molecule has 11 heteroatoms. The molecule has 1 aliphatic rings. The highest BCUT2D eigenvalue weighted by Crippen LogP contribution is 2.17. The van der Waals surface area contributed by atoms with Crippen LogP contribution in [-0.2, 0) is 0 Å². The van der Waals surface area contributed by atoms with Crippen LogP contribution in [0.2, 0.25) is 5.02 Å². The van der Waals surface area contributed by atoms with E-state index in [1.165, 1.54) is 16.8 Å². The Balaban J connectivity index is 1.37. The monoisotopic (exact) mass is 468 g/mol. The Hall–Kier alpha value is -3.92. The standard InChI is InChI=1S/C22H21ClN6O4/c23-16-2-4-17(5-3-16)24-22(31)27-12-1-11-26(14-15-27)21(30)20-10-13-28(25-20)18-6-8-19(9-7-18)29(32)33/h2-10,13H,1,11-12,14-15H2,(H,24,31). The summed E-state index contributed by atoms with van der Waals surface area (Å²) < 4.78 is 1.50. The maximum absolute atomic E-state index is 13.0. The number of urea groups is 1. The number of rotatable bonds is 4. The number of nitro groups is 1. The van der Waals surface area contributed by atoms with Crippen molar-refractivity contribution >= 4 is 34.9 Å². The van der Waals surface area contributed by atoms with Gasteiger partial charge < -0.3 is 15.1 Å². The number of nitrogens with zero attached hydrogens (tertiary/aromatic N) is 5. The molecule has 2 aromatic carbocycles. The number of amides is 3. The zero-order chi connectivity index (χ0) is 23.4. The van der Waals surface area contributed by atoms with E-state index in [1.807, 2.05) is 0 Å². The van der Waals surface area contributed by atoms with Crippen LogP contribution < -0.4 is 5.32 Å². The summed E-state index contributed by atoms with van der Waals surface area (Å²) >= 11 is 5.88. The molecule has 3 aromatic rings. The second-order valence-electron chi connectivity index (χ2n) is 7.49. The van der Waals surface area contributed by atoms with Crippen LogP contribution in [0.5, 0.6) is 0 Å². The molecule has 0 bridgehead atoms. The Kier molecular flexibility index (Phi) is 6.55. The number of anilines is 1. The number of carbonyl (C=O) groups is 2. The van der Waals surface area contributed by atoms with Crippen molar-refractivity contribution in [3.05, 3.63) is 81.6 Å². The van der Waals surface area contributed by atoms with Gasteiger partial charge in [0.2, 0.25) is 0 Å². The molecule has 1 saturated heterocycles. The number of nitro benzene ring substituents is 1. The third-order valence-electron chi connectivity index (χ3n) is 5.30. The SMILES string of the molecule is O=C(Nc1ccc(Cl)cc1)N1CCCN(C(=O)c2ccn(-c3ccc([N+](=O)[O-])cc3)n2)CC1. The van der Waals surface area contributed by atoms with E-state index in [0.29, 0.717) is 49.0 Å². The number of nitrogens with one attached hydrogen (secondary N) is 1. The second-order valence-corrected chi connectivity index (χ2v) is 7.93. The first-order valence-electron chi connectivity index (χ1n) is 10.3. The van der Waals surface area contributed by atoms with Gasteiger partial charge in [0, 0.05) is 55.2 Å². The van der Waals surface area contributed by atoms with Crippen LogP contribution >= 0.6 is 11.6 Å². The fourth-order valence-corrected chi connectivity index (χ4v) is 3.66. The summed E-state index contributed by atoms with van der Waals surface area (Å²) in [5, 5.41) is 18.6. The number of aromatic nitrogens is 2. The third kappa shape index (κ3) is 5.29. The molecule has 33 heavy (non-hydrogen) atoms. The number of hydrogen-bond donors (Lipinski definition) is 1. The van der Waals surface area contributed by atoms with Crippen molar-refractivity contribution in [2.24, 2.45) is 0 Å². The van der Waals surface area contributed by atoms with Gasteiger partial charge in [-0.1, -0.05) is 11.6 Å². The lowest BCUT2D eigenvalue weighted by atomic mass is 10.3. The van der Waals surface area contributed by atoms with Gasteiger partial charge in [0.05, 0.1) is 10.6 Å². The molecule has 10 nitrogen and oxygen atoms in total. The highest BCUT2D eigenvalue weighted by atomic mass is 35.5. The molecular weight excluding hydrogens is 448 g/mol. The third-order valence-corrected chi connectivity index (χ3v) is 5.55. The Labute approximate surface area is 194 Å². The predicted molar refractivity (Wildman–Crippen MR) is 123 cm³/mol. The number of non-ortho nitro benzene ring substituents is 1. The lowest BCUT2D eigenvalue weighted by Crippen LogP contribution is -2.39. The van der Waals surface area contributed by atoms with Gasteiger partial charge in [-0.15, -0.1) is 0 Å². The first-order chi connectivity index (χ1) is 15.9. The molecule has 0 radical (unpaired) electrons. The molecule has 4 rings (SSSR count). The number of hydrogen-bond acceptors (Lipinski definition) is 5. The summed E-state index contributed by atoms with van der Waals surface area (Å²) in [5.74, 6) is -0.226. The minimum absolute atomic E-state index is 0.0172. The average Bonchev–Trinajstić information content (AvgIpc) is 3.18. The van der Waals surface area contributed by atoms with Crippen molar-refractivity contribution in [2.75, 3.05) is 31.5 Å². The Morgan fingerprint density at radius 1 is 0.939 bits per heavy atom. The molecule has 1 N–H and O–H groups in total. The van der Waals surface area contributed by atoms with Crippen LogP contribution in [0.15, 0.2) is 60.8 Å². The largest absolute Gasteiger partial charge is 0.335 e. The Morgan fingerprint density at radius 2 is 1.61 bits per heavy atom. The van der Waals surface area contributed by atoms with Gasteiger partial charge in [-0.2, -0.15) is 5.10 Å². The van der Waals surface area contributed by atoms with Crippen molar-refractivity contribution in [2.45, 2.75) is 6.42 Å². The molecule has 0 atom stereocenters. The van der Waals surface area contributed by atoms with Gasteiger partial charge in [-0.3, -0.25) is 14.9 Å². The quantitative estimate of drug-likeness (QED) is 0.462. The number of benzene rings is 2. The maximum atomic E-state index is 13.0. The molecule has 170 valence electrons. The van der Waals surface area contributed by atoms with Crippen LogP contribution in [0.25, 0.3) is 5.69 Å². The first-order valence-corrected chi connectivity index (χ1v) is 10.7. The van der Waals surface area contributed by atoms with Crippen LogP contribution in [0, 0.1) is 10.1 Å². The van der Waals surface area contributed by atoms with Crippen molar-refractivity contribution in [1.29, 1.82) is 0 Å². The number of carbonyl (C=O) groups excluding carboxylic acids is 2. The molecular formula is C22H21ClN6O4. The van der Waals surface area contributed by atoms with Crippen molar-refractivity contribution < 1.29 is 14.5 Å². The van der Waals surface area contributed by atoms with E-state index >= 15 is 0 Å². The van der Waals surface area contributed by atoms with E-state index in [4.69, 9.17) is 11.6 Å². The molecule has 1 aliphatic heterocycles. The Bertz CT molecular complexity index is 1160. The number of halogens is 1. The van der Waals surface area contributed by atoms with Gasteiger partial charge in [-0.25, -0.2) is 9.48 Å². The lowest BCUT2D eigenvalue weighted by Gasteiger charge is -2.22. The zero-order valence-corrected chi connectivity index (χ0v) is 18.3. The van der Waals surface area contributed by atoms with Crippen molar-refractivity contribution in [1.82, 2.24) is 19.6 Å². The molecule has 1 aromatic heterocycles. The summed E-state index contributed by atoms with van der Waals surface area (Å²) in [4.78, 5) is 39.3. The van der Waals surface area contributed by atoms with Crippen LogP contribution in [0.1, 0.15) is 16.9 Å². The van der Waals surface area contributed by atoms with Crippen molar-refractivity contribution in [3.8, 4) is 5.69 Å². The van der Waals surface area contributed by atoms with Gasteiger partial charge in [0.1, 0.15) is 0 Å². The average molecular weight is 469 g/mol. The van der Waals surface area contributed by atoms with E-state index in [1.54, 1.807) is 58.5 Å². The predicted octanol–water partition coefficient (Wildman–Crippen LogP) is 3.81. The van der Waals surface area contributed by atoms with E-state index in [0.717, 1.165) is 0 Å². The van der Waals surface area contributed by atoms with Crippen molar-refractivity contribution in [3.63, 3.8) is 0 Å². The smallest absolute Gasteiger partial charge is 0.321 e. The van der Waals surface area contributed by atoms with Crippen LogP contribution in [-0.4, -0.2) is 62.6 Å². The zero-order valence-electron chi connectivity index (χ0n) is 17.6. The summed E-state index contributed by atoms with van der Waals surface area (Å²) in [6.07, 6.45) is 2.28. The van der Waals surface area contributed by atoms with Gasteiger partial charge in [0.25, 0.3) is 11.6 Å².